The third-order valence-electron chi connectivity index (χ3n) is 6.73. The molecule has 1 aliphatic heterocycles. The monoisotopic (exact) mass is 442 g/mol. The lowest BCUT2D eigenvalue weighted by Gasteiger charge is -2.29. The largest absolute Gasteiger partial charge is 0.422 e. The summed E-state index contributed by atoms with van der Waals surface area (Å²) in [6.07, 6.45) is 11.3. The lowest BCUT2D eigenvalue weighted by atomic mass is 9.78. The first kappa shape index (κ1) is 21.3. The number of aromatic nitrogens is 4. The standard InChI is InChI=1S/C26H30N6O/c1-26(2,3)32-25-22(23(30-32)18-7-5-4-6-8-18)21(20(15-27)24(28)33-25)17-9-11-19(12-10-17)31-14-13-29-16-31/h9-14,16,18,21H,4-8,28H2,1-3H3. The predicted molar refractivity (Wildman–Crippen MR) is 126 cm³/mol. The maximum Gasteiger partial charge on any atom is 0.224 e. The van der Waals surface area contributed by atoms with Crippen molar-refractivity contribution in [3.63, 3.8) is 0 Å². The first-order valence-corrected chi connectivity index (χ1v) is 11.7. The number of fused-ring (bicyclic) bond motifs is 1. The molecule has 0 saturated heterocycles. The SMILES string of the molecule is CC(C)(C)n1nc(C2CCCCC2)c2c1OC(N)=C(C#N)C2c1ccc(-n2ccnc2)cc1. The van der Waals surface area contributed by atoms with Crippen LogP contribution in [0.3, 0.4) is 0 Å². The summed E-state index contributed by atoms with van der Waals surface area (Å²) in [5.74, 6) is 0.896. The molecule has 170 valence electrons. The number of hydrogen-bond acceptors (Lipinski definition) is 5. The normalized spacial score (nSPS) is 19.2. The second kappa shape index (κ2) is 8.11. The Morgan fingerprint density at radius 2 is 1.85 bits per heavy atom. The van der Waals surface area contributed by atoms with Crippen LogP contribution in [-0.2, 0) is 5.54 Å². The summed E-state index contributed by atoms with van der Waals surface area (Å²) < 4.78 is 10.0. The molecular weight excluding hydrogens is 412 g/mol. The third kappa shape index (κ3) is 3.70. The first-order chi connectivity index (χ1) is 15.9. The van der Waals surface area contributed by atoms with Crippen LogP contribution >= 0.6 is 0 Å². The number of imidazole rings is 1. The van der Waals surface area contributed by atoms with Gasteiger partial charge in [0.25, 0.3) is 0 Å². The summed E-state index contributed by atoms with van der Waals surface area (Å²) in [4.78, 5) is 4.13. The van der Waals surface area contributed by atoms with E-state index in [0.717, 1.165) is 35.3 Å². The Morgan fingerprint density at radius 3 is 2.45 bits per heavy atom. The van der Waals surface area contributed by atoms with Gasteiger partial charge in [0.1, 0.15) is 11.6 Å². The summed E-state index contributed by atoms with van der Waals surface area (Å²) in [6.45, 7) is 6.34. The van der Waals surface area contributed by atoms with Gasteiger partial charge in [0, 0.05) is 24.0 Å². The van der Waals surface area contributed by atoms with E-state index >= 15 is 0 Å². The van der Waals surface area contributed by atoms with E-state index in [1.54, 1.807) is 12.5 Å². The van der Waals surface area contributed by atoms with E-state index in [0.29, 0.717) is 17.4 Å². The van der Waals surface area contributed by atoms with E-state index in [2.05, 4.69) is 44.0 Å². The molecule has 0 radical (unpaired) electrons. The van der Waals surface area contributed by atoms with Crippen LogP contribution in [0, 0.1) is 11.3 Å². The highest BCUT2D eigenvalue weighted by molar-refractivity contribution is 5.57. The fraction of sp³-hybridized carbons (Fsp3) is 0.423. The zero-order chi connectivity index (χ0) is 23.2. The van der Waals surface area contributed by atoms with E-state index < -0.39 is 0 Å². The van der Waals surface area contributed by atoms with Crippen molar-refractivity contribution in [2.75, 3.05) is 0 Å². The summed E-state index contributed by atoms with van der Waals surface area (Å²) in [5, 5.41) is 15.2. The molecular formula is C26H30N6O. The maximum atomic E-state index is 10.1. The molecule has 33 heavy (non-hydrogen) atoms. The van der Waals surface area contributed by atoms with E-state index in [4.69, 9.17) is 15.6 Å². The highest BCUT2D eigenvalue weighted by atomic mass is 16.5. The van der Waals surface area contributed by atoms with Crippen LogP contribution in [0.25, 0.3) is 5.69 Å². The van der Waals surface area contributed by atoms with Gasteiger partial charge < -0.3 is 15.0 Å². The minimum absolute atomic E-state index is 0.161. The average molecular weight is 443 g/mol. The van der Waals surface area contributed by atoms with Crippen molar-refractivity contribution in [2.45, 2.75) is 70.3 Å². The van der Waals surface area contributed by atoms with Gasteiger partial charge in [-0.1, -0.05) is 31.4 Å². The molecule has 1 fully saturated rings. The van der Waals surface area contributed by atoms with E-state index in [9.17, 15) is 5.26 Å². The number of nitriles is 1. The van der Waals surface area contributed by atoms with Gasteiger partial charge >= 0.3 is 0 Å². The number of hydrogen-bond donors (Lipinski definition) is 1. The molecule has 2 N–H and O–H groups in total. The van der Waals surface area contributed by atoms with Gasteiger partial charge in [-0.3, -0.25) is 0 Å². The van der Waals surface area contributed by atoms with Gasteiger partial charge in [0.05, 0.1) is 29.0 Å². The molecule has 0 bridgehead atoms. The van der Waals surface area contributed by atoms with E-state index in [1.807, 2.05) is 27.6 Å². The molecule has 1 unspecified atom stereocenters. The summed E-state index contributed by atoms with van der Waals surface area (Å²) >= 11 is 0. The molecule has 1 aliphatic carbocycles. The minimum atomic E-state index is -0.302. The second-order valence-electron chi connectivity index (χ2n) is 10.0. The zero-order valence-corrected chi connectivity index (χ0v) is 19.5. The van der Waals surface area contributed by atoms with Gasteiger partial charge in [-0.05, 0) is 51.3 Å². The molecule has 2 aliphatic rings. The predicted octanol–water partition coefficient (Wildman–Crippen LogP) is 5.09. The number of allylic oxidation sites excluding steroid dienone is 1. The van der Waals surface area contributed by atoms with Gasteiger partial charge in [-0.15, -0.1) is 0 Å². The topological polar surface area (TPSA) is 94.7 Å². The number of nitrogens with two attached hydrogens (primary N) is 1. The molecule has 7 heteroatoms. The van der Waals surface area contributed by atoms with Crippen LogP contribution in [0.5, 0.6) is 5.88 Å². The lowest BCUT2D eigenvalue weighted by Crippen LogP contribution is -2.27. The van der Waals surface area contributed by atoms with Crippen molar-refractivity contribution >= 4 is 0 Å². The fourth-order valence-electron chi connectivity index (χ4n) is 5.08. The number of rotatable bonds is 3. The molecule has 2 aromatic heterocycles. The van der Waals surface area contributed by atoms with Crippen LogP contribution < -0.4 is 10.5 Å². The summed E-state index contributed by atoms with van der Waals surface area (Å²) in [6, 6.07) is 10.6. The van der Waals surface area contributed by atoms with Gasteiger partial charge in [0.15, 0.2) is 0 Å². The quantitative estimate of drug-likeness (QED) is 0.610. The fourth-order valence-corrected chi connectivity index (χ4v) is 5.08. The Labute approximate surface area is 194 Å². The molecule has 3 heterocycles. The molecule has 1 aromatic carbocycles. The smallest absolute Gasteiger partial charge is 0.224 e. The number of nitrogens with zero attached hydrogens (tertiary/aromatic N) is 5. The Bertz CT molecular complexity index is 1220. The van der Waals surface area contributed by atoms with Crippen molar-refractivity contribution in [1.29, 1.82) is 5.26 Å². The van der Waals surface area contributed by atoms with Gasteiger partial charge in [-0.2, -0.15) is 10.4 Å². The maximum absolute atomic E-state index is 10.1. The highest BCUT2D eigenvalue weighted by Gasteiger charge is 2.40. The van der Waals surface area contributed by atoms with Crippen molar-refractivity contribution in [1.82, 2.24) is 19.3 Å². The van der Waals surface area contributed by atoms with Crippen LogP contribution in [0.1, 0.15) is 81.5 Å². The van der Waals surface area contributed by atoms with Crippen LogP contribution in [0.4, 0.5) is 0 Å². The molecule has 5 rings (SSSR count). The van der Waals surface area contributed by atoms with Crippen molar-refractivity contribution < 1.29 is 4.74 Å². The van der Waals surface area contributed by atoms with Crippen LogP contribution in [0.2, 0.25) is 0 Å². The molecule has 1 saturated carbocycles. The number of ether oxygens (including phenoxy) is 1. The van der Waals surface area contributed by atoms with E-state index in [1.165, 1.54) is 19.3 Å². The Kier molecular flexibility index (Phi) is 5.24. The van der Waals surface area contributed by atoms with Gasteiger partial charge in [-0.25, -0.2) is 9.67 Å². The highest BCUT2D eigenvalue weighted by Crippen LogP contribution is 2.49. The van der Waals surface area contributed by atoms with Crippen molar-refractivity contribution in [3.8, 4) is 17.6 Å². The third-order valence-corrected chi connectivity index (χ3v) is 6.73. The van der Waals surface area contributed by atoms with Crippen LogP contribution in [0.15, 0.2) is 54.4 Å². The van der Waals surface area contributed by atoms with Gasteiger partial charge in [0.2, 0.25) is 11.8 Å². The van der Waals surface area contributed by atoms with E-state index in [-0.39, 0.29) is 17.3 Å². The first-order valence-electron chi connectivity index (χ1n) is 11.7. The Hall–Kier alpha value is -3.53. The molecule has 3 aromatic rings. The van der Waals surface area contributed by atoms with Crippen molar-refractivity contribution in [2.24, 2.45) is 5.73 Å². The Balaban J connectivity index is 1.68. The number of benzene rings is 1. The molecule has 1 atom stereocenters. The second-order valence-corrected chi connectivity index (χ2v) is 10.0. The average Bonchev–Trinajstić information content (AvgIpc) is 3.47. The molecule has 0 amide bonds. The summed E-state index contributed by atoms with van der Waals surface area (Å²) in [7, 11) is 0. The Morgan fingerprint density at radius 1 is 1.12 bits per heavy atom. The summed E-state index contributed by atoms with van der Waals surface area (Å²) in [5.41, 5.74) is 10.6. The lowest BCUT2D eigenvalue weighted by molar-refractivity contribution is 0.276. The molecule has 7 nitrogen and oxygen atoms in total. The molecule has 0 spiro atoms. The van der Waals surface area contributed by atoms with Crippen molar-refractivity contribution in [3.05, 3.63) is 71.3 Å². The zero-order valence-electron chi connectivity index (χ0n) is 19.5. The minimum Gasteiger partial charge on any atom is -0.422 e. The van der Waals surface area contributed by atoms with Crippen LogP contribution in [-0.4, -0.2) is 19.3 Å².